The van der Waals surface area contributed by atoms with Crippen LogP contribution >= 0.6 is 15.6 Å². The Morgan fingerprint density at radius 3 is 0.824 bits per heavy atom. The maximum atomic E-state index is 13.1. The molecule has 0 rings (SSSR count). The predicted octanol–water partition coefficient (Wildman–Crippen LogP) is 23.3. The van der Waals surface area contributed by atoms with Crippen molar-refractivity contribution in [1.29, 1.82) is 0 Å². The average Bonchev–Trinajstić information content (AvgIpc) is 0.951. The normalized spacial score (nSPS) is 14.5. The van der Waals surface area contributed by atoms with E-state index in [1.165, 1.54) is 128 Å². The molecule has 102 heavy (non-hydrogen) atoms. The number of carbonyl (C=O) groups is 4. The number of aliphatic hydroxyl groups is 1. The van der Waals surface area contributed by atoms with Crippen molar-refractivity contribution in [2.24, 2.45) is 0 Å². The van der Waals surface area contributed by atoms with Crippen molar-refractivity contribution < 1.29 is 80.2 Å². The molecule has 0 aromatic heterocycles. The Kier molecular flexibility index (Phi) is 71.8. The molecule has 0 aliphatic carbocycles. The van der Waals surface area contributed by atoms with Crippen LogP contribution in [0.25, 0.3) is 0 Å². The quantitative estimate of drug-likeness (QED) is 0.0169. The summed E-state index contributed by atoms with van der Waals surface area (Å²) in [6.07, 6.45) is 80.8. The zero-order valence-corrected chi connectivity index (χ0v) is 66.0. The number of carbonyl (C=O) groups excluding carboxylic acids is 4. The molecule has 0 spiro atoms. The molecular formula is C83H144O17P2. The summed E-state index contributed by atoms with van der Waals surface area (Å²) in [4.78, 5) is 72.9. The van der Waals surface area contributed by atoms with Crippen molar-refractivity contribution in [2.45, 2.75) is 354 Å². The third-order valence-corrected chi connectivity index (χ3v) is 18.6. The highest BCUT2D eigenvalue weighted by atomic mass is 31.2. The summed E-state index contributed by atoms with van der Waals surface area (Å²) in [6, 6.07) is 0. The number of phosphoric ester groups is 2. The van der Waals surface area contributed by atoms with Crippen LogP contribution in [-0.2, 0) is 65.4 Å². The van der Waals surface area contributed by atoms with Gasteiger partial charge in [0.15, 0.2) is 12.2 Å². The Morgan fingerprint density at radius 2 is 0.490 bits per heavy atom. The fraction of sp³-hybridized carbons (Fsp3) is 0.735. The van der Waals surface area contributed by atoms with Crippen molar-refractivity contribution in [3.05, 3.63) is 109 Å². The lowest BCUT2D eigenvalue weighted by atomic mass is 10.0. The maximum absolute atomic E-state index is 13.1. The van der Waals surface area contributed by atoms with Gasteiger partial charge >= 0.3 is 39.5 Å². The van der Waals surface area contributed by atoms with Crippen LogP contribution in [-0.4, -0.2) is 96.7 Å². The molecule has 17 nitrogen and oxygen atoms in total. The van der Waals surface area contributed by atoms with Gasteiger partial charge in [0.2, 0.25) is 0 Å². The van der Waals surface area contributed by atoms with Crippen LogP contribution in [0.4, 0.5) is 0 Å². The second kappa shape index (κ2) is 75.0. The van der Waals surface area contributed by atoms with E-state index in [-0.39, 0.29) is 25.7 Å². The van der Waals surface area contributed by atoms with E-state index in [2.05, 4.69) is 113 Å². The van der Waals surface area contributed by atoms with Gasteiger partial charge in [-0.05, 0) is 128 Å². The first-order valence-electron chi connectivity index (χ1n) is 40.1. The monoisotopic (exact) mass is 1470 g/mol. The first kappa shape index (κ1) is 97.7. The zero-order chi connectivity index (χ0) is 74.6. The van der Waals surface area contributed by atoms with Gasteiger partial charge in [-0.15, -0.1) is 0 Å². The summed E-state index contributed by atoms with van der Waals surface area (Å²) in [5.41, 5.74) is 0. The minimum atomic E-state index is -4.99. The molecule has 0 aliphatic rings. The zero-order valence-electron chi connectivity index (χ0n) is 64.3. The van der Waals surface area contributed by atoms with Gasteiger partial charge in [-0.1, -0.05) is 291 Å². The lowest BCUT2D eigenvalue weighted by Crippen LogP contribution is -2.30. The SMILES string of the molecule is CCCCC/C=C\C/C=C\C/C=C\C/C=C\CCCC(=O)OC[C@H](COP(=O)(O)OC[C@@H](O)COP(=O)(O)OC[C@@H](COC(=O)CCCCCCC/C=C\CCCCCC)OC(=O)CCC/C=C\C/C=C\C/C=C\C/C=C\CCCCC)OC(=O)CCCCCCCCCCCCCCCCC. The van der Waals surface area contributed by atoms with E-state index in [4.69, 9.17) is 37.0 Å². The second-order valence-corrected chi connectivity index (χ2v) is 29.6. The van der Waals surface area contributed by atoms with E-state index in [1.807, 2.05) is 24.3 Å². The van der Waals surface area contributed by atoms with Crippen LogP contribution in [0.3, 0.4) is 0 Å². The van der Waals surface area contributed by atoms with Crippen molar-refractivity contribution >= 4 is 39.5 Å². The maximum Gasteiger partial charge on any atom is 0.472 e. The molecule has 0 amide bonds. The number of aliphatic hydroxyl groups excluding tert-OH is 1. The molecule has 0 saturated carbocycles. The van der Waals surface area contributed by atoms with Crippen LogP contribution in [0.2, 0.25) is 0 Å². The van der Waals surface area contributed by atoms with Gasteiger partial charge in [-0.2, -0.15) is 0 Å². The molecule has 0 fully saturated rings. The minimum Gasteiger partial charge on any atom is -0.462 e. The van der Waals surface area contributed by atoms with Crippen molar-refractivity contribution in [1.82, 2.24) is 0 Å². The molecular weight excluding hydrogens is 1330 g/mol. The second-order valence-electron chi connectivity index (χ2n) is 26.7. The van der Waals surface area contributed by atoms with E-state index in [0.29, 0.717) is 38.5 Å². The van der Waals surface area contributed by atoms with Crippen LogP contribution in [0, 0.1) is 0 Å². The lowest BCUT2D eigenvalue weighted by molar-refractivity contribution is -0.161. The number of esters is 4. The molecule has 0 aromatic carbocycles. The molecule has 0 radical (unpaired) electrons. The van der Waals surface area contributed by atoms with E-state index in [1.54, 1.807) is 0 Å². The van der Waals surface area contributed by atoms with E-state index in [9.17, 15) is 43.2 Å². The molecule has 5 atom stereocenters. The molecule has 0 aliphatic heterocycles. The van der Waals surface area contributed by atoms with Crippen molar-refractivity contribution in [2.75, 3.05) is 39.6 Å². The summed E-state index contributed by atoms with van der Waals surface area (Å²) in [7, 11) is -9.99. The average molecular weight is 1480 g/mol. The molecule has 0 heterocycles. The van der Waals surface area contributed by atoms with Crippen LogP contribution in [0.5, 0.6) is 0 Å². The number of hydrogen-bond acceptors (Lipinski definition) is 15. The molecule has 0 aromatic rings. The molecule has 19 heteroatoms. The Balaban J connectivity index is 5.45. The Labute approximate surface area is 619 Å². The highest BCUT2D eigenvalue weighted by Gasteiger charge is 2.30. The minimum absolute atomic E-state index is 0.0161. The highest BCUT2D eigenvalue weighted by Crippen LogP contribution is 2.45. The third kappa shape index (κ3) is 74.0. The number of hydrogen-bond donors (Lipinski definition) is 3. The highest BCUT2D eigenvalue weighted by molar-refractivity contribution is 7.47. The van der Waals surface area contributed by atoms with Gasteiger partial charge in [0, 0.05) is 25.7 Å². The third-order valence-electron chi connectivity index (χ3n) is 16.7. The molecule has 3 N–H and O–H groups in total. The number of rotatable bonds is 75. The molecule has 2 unspecified atom stereocenters. The summed E-state index contributed by atoms with van der Waals surface area (Å²) in [5.74, 6) is -2.30. The molecule has 0 bridgehead atoms. The van der Waals surface area contributed by atoms with Gasteiger partial charge < -0.3 is 33.8 Å². The summed E-state index contributed by atoms with van der Waals surface area (Å²) in [5, 5.41) is 10.6. The van der Waals surface area contributed by atoms with Gasteiger partial charge in [0.05, 0.1) is 26.4 Å². The van der Waals surface area contributed by atoms with Gasteiger partial charge in [-0.25, -0.2) is 9.13 Å². The Bertz CT molecular complexity index is 2360. The smallest absolute Gasteiger partial charge is 0.462 e. The summed E-state index contributed by atoms with van der Waals surface area (Å²) >= 11 is 0. The number of allylic oxidation sites excluding steroid dienone is 18. The fourth-order valence-electron chi connectivity index (χ4n) is 10.6. The van der Waals surface area contributed by atoms with Crippen molar-refractivity contribution in [3.8, 4) is 0 Å². The summed E-state index contributed by atoms with van der Waals surface area (Å²) < 4.78 is 68.5. The van der Waals surface area contributed by atoms with E-state index in [0.717, 1.165) is 116 Å². The fourth-order valence-corrected chi connectivity index (χ4v) is 12.1. The first-order chi connectivity index (χ1) is 49.7. The Hall–Kier alpha value is -4.28. The van der Waals surface area contributed by atoms with E-state index >= 15 is 0 Å². The van der Waals surface area contributed by atoms with E-state index < -0.39 is 97.5 Å². The first-order valence-corrected chi connectivity index (χ1v) is 43.1. The standard InChI is InChI=1S/C83H144O17P2/c1-5-9-13-17-21-25-29-33-36-38-41-44-48-52-56-60-64-68-81(86)94-74-79(99-82(87)69-65-61-57-53-49-45-40-35-31-27-23-19-15-11-7-3)76-98-102(91,92)96-72-77(84)71-95-101(89,90)97-75-78(73-93-80(85)67-63-59-55-51-47-43-32-28-24-20-16-12-8-4)100-83(88)70-66-62-58-54-50-46-42-39-37-34-30-26-22-18-14-10-6-2/h21-22,25-26,28,32-34,36-37,41-42,44,46,52,54,56,58,77-79,84H,5-20,23-24,27,29-31,35,38-40,43,45,47-51,53,55,57,59-76H2,1-4H3,(H,89,90)(H,91,92)/b25-21-,26-22-,32-28-,36-33-,37-34-,44-41-,46-42-,56-52-,58-54-/t77-,78+,79+/m0/s1. The Morgan fingerprint density at radius 1 is 0.275 bits per heavy atom. The van der Waals surface area contributed by atoms with Crippen LogP contribution < -0.4 is 0 Å². The van der Waals surface area contributed by atoms with Gasteiger partial charge in [-0.3, -0.25) is 37.3 Å². The largest absolute Gasteiger partial charge is 0.472 e. The predicted molar refractivity (Wildman–Crippen MR) is 418 cm³/mol. The van der Waals surface area contributed by atoms with Crippen LogP contribution in [0.15, 0.2) is 109 Å². The number of ether oxygens (including phenoxy) is 4. The van der Waals surface area contributed by atoms with Gasteiger partial charge in [0.1, 0.15) is 19.3 Å². The molecule has 0 saturated heterocycles. The number of phosphoric acid groups is 2. The summed E-state index contributed by atoms with van der Waals surface area (Å²) in [6.45, 7) is 4.70. The molecule has 588 valence electrons. The number of unbranched alkanes of at least 4 members (excludes halogenated alkanes) is 31. The topological polar surface area (TPSA) is 237 Å². The van der Waals surface area contributed by atoms with Crippen LogP contribution in [0.1, 0.15) is 336 Å². The lowest BCUT2D eigenvalue weighted by Gasteiger charge is -2.21. The van der Waals surface area contributed by atoms with Crippen molar-refractivity contribution in [3.63, 3.8) is 0 Å². The van der Waals surface area contributed by atoms with Gasteiger partial charge in [0.25, 0.3) is 0 Å².